The molecule has 2 bridgehead atoms. The van der Waals surface area contributed by atoms with Crippen LogP contribution in [0.15, 0.2) is 36.7 Å². The Balaban J connectivity index is 1.72. The highest BCUT2D eigenvalue weighted by atomic mass is 16.2. The number of rotatable bonds is 2. The van der Waals surface area contributed by atoms with Crippen LogP contribution in [-0.4, -0.2) is 27.9 Å². The predicted molar refractivity (Wildman–Crippen MR) is 70.0 cm³/mol. The lowest BCUT2D eigenvalue weighted by Gasteiger charge is -2.36. The summed E-state index contributed by atoms with van der Waals surface area (Å²) in [6.45, 7) is 4.08. The maximum Gasteiger partial charge on any atom is 0.227 e. The van der Waals surface area contributed by atoms with Gasteiger partial charge in [-0.25, -0.2) is 0 Å². The molecule has 0 aliphatic carbocycles. The molecule has 0 N–H and O–H groups in total. The number of nitrogens with zero attached hydrogens (tertiary/aromatic N) is 2. The second-order valence-corrected chi connectivity index (χ2v) is 5.38. The fourth-order valence-electron chi connectivity index (χ4n) is 3.29. The van der Waals surface area contributed by atoms with Gasteiger partial charge in [0.05, 0.1) is 6.42 Å². The topological polar surface area (TPSA) is 33.2 Å². The second kappa shape index (κ2) is 4.56. The van der Waals surface area contributed by atoms with E-state index in [1.807, 2.05) is 12.1 Å². The van der Waals surface area contributed by atoms with E-state index in [9.17, 15) is 4.79 Å². The van der Waals surface area contributed by atoms with Gasteiger partial charge in [0.1, 0.15) is 0 Å². The molecule has 0 aromatic carbocycles. The van der Waals surface area contributed by atoms with Crippen LogP contribution in [0.25, 0.3) is 0 Å². The van der Waals surface area contributed by atoms with Gasteiger partial charge in [0, 0.05) is 24.5 Å². The minimum absolute atomic E-state index is 0.253. The highest BCUT2D eigenvalue weighted by molar-refractivity contribution is 5.80. The van der Waals surface area contributed by atoms with Gasteiger partial charge in [-0.3, -0.25) is 9.78 Å². The Morgan fingerprint density at radius 2 is 2.11 bits per heavy atom. The Bertz CT molecular complexity index is 453. The van der Waals surface area contributed by atoms with Crippen molar-refractivity contribution in [2.45, 2.75) is 44.2 Å². The van der Waals surface area contributed by atoms with Crippen molar-refractivity contribution < 1.29 is 4.79 Å². The quantitative estimate of drug-likeness (QED) is 0.746. The molecular formula is C15H18N2O. The van der Waals surface area contributed by atoms with Crippen molar-refractivity contribution >= 4 is 5.91 Å². The van der Waals surface area contributed by atoms with Crippen molar-refractivity contribution in [1.82, 2.24) is 9.88 Å². The molecule has 1 amide bonds. The Hall–Kier alpha value is -1.64. The Labute approximate surface area is 108 Å². The van der Waals surface area contributed by atoms with E-state index < -0.39 is 0 Å². The molecule has 2 unspecified atom stereocenters. The number of aromatic nitrogens is 1. The molecule has 0 saturated carbocycles. The van der Waals surface area contributed by atoms with Crippen LogP contribution in [0.3, 0.4) is 0 Å². The summed E-state index contributed by atoms with van der Waals surface area (Å²) >= 11 is 0. The summed E-state index contributed by atoms with van der Waals surface area (Å²) < 4.78 is 0. The molecule has 3 heteroatoms. The highest BCUT2D eigenvalue weighted by Crippen LogP contribution is 2.37. The van der Waals surface area contributed by atoms with E-state index in [2.05, 4.69) is 16.5 Å². The SMILES string of the molecule is C=C1CC2CCC(C1)N2C(=O)Cc1cccnc1. The molecule has 2 aliphatic heterocycles. The number of hydrogen-bond donors (Lipinski definition) is 0. The van der Waals surface area contributed by atoms with Gasteiger partial charge < -0.3 is 4.90 Å². The van der Waals surface area contributed by atoms with Crippen LogP contribution in [-0.2, 0) is 11.2 Å². The van der Waals surface area contributed by atoms with Crippen LogP contribution < -0.4 is 0 Å². The molecular weight excluding hydrogens is 224 g/mol. The highest BCUT2D eigenvalue weighted by Gasteiger charge is 2.40. The number of pyridine rings is 1. The van der Waals surface area contributed by atoms with Gasteiger partial charge in [-0.15, -0.1) is 0 Å². The number of carbonyl (C=O) groups excluding carboxylic acids is 1. The summed E-state index contributed by atoms with van der Waals surface area (Å²) in [5.41, 5.74) is 2.32. The largest absolute Gasteiger partial charge is 0.336 e. The van der Waals surface area contributed by atoms with Crippen LogP contribution in [0.1, 0.15) is 31.2 Å². The lowest BCUT2D eigenvalue weighted by molar-refractivity contribution is -0.134. The fourth-order valence-corrected chi connectivity index (χ4v) is 3.29. The summed E-state index contributed by atoms with van der Waals surface area (Å²) in [5.74, 6) is 0.253. The average Bonchev–Trinajstić information content (AvgIpc) is 2.63. The number of fused-ring (bicyclic) bond motifs is 2. The van der Waals surface area contributed by atoms with E-state index in [-0.39, 0.29) is 5.91 Å². The average molecular weight is 242 g/mol. The molecule has 2 fully saturated rings. The minimum Gasteiger partial charge on any atom is -0.336 e. The lowest BCUT2D eigenvalue weighted by atomic mass is 9.97. The van der Waals surface area contributed by atoms with Crippen LogP contribution in [0.4, 0.5) is 0 Å². The predicted octanol–water partition coefficient (Wildman–Crippen LogP) is 2.33. The third-order valence-corrected chi connectivity index (χ3v) is 4.03. The van der Waals surface area contributed by atoms with Crippen molar-refractivity contribution in [3.8, 4) is 0 Å². The normalized spacial score (nSPS) is 26.4. The third-order valence-electron chi connectivity index (χ3n) is 4.03. The molecule has 2 atom stereocenters. The van der Waals surface area contributed by atoms with Gasteiger partial charge in [0.15, 0.2) is 0 Å². The van der Waals surface area contributed by atoms with Crippen LogP contribution in [0.2, 0.25) is 0 Å². The van der Waals surface area contributed by atoms with Gasteiger partial charge in [0.25, 0.3) is 0 Å². The van der Waals surface area contributed by atoms with Crippen molar-refractivity contribution in [3.05, 3.63) is 42.2 Å². The minimum atomic E-state index is 0.253. The first-order valence-corrected chi connectivity index (χ1v) is 6.61. The van der Waals surface area contributed by atoms with E-state index in [1.165, 1.54) is 5.57 Å². The van der Waals surface area contributed by atoms with Gasteiger partial charge in [-0.2, -0.15) is 0 Å². The smallest absolute Gasteiger partial charge is 0.227 e. The zero-order valence-corrected chi connectivity index (χ0v) is 10.5. The maximum atomic E-state index is 12.4. The zero-order valence-electron chi connectivity index (χ0n) is 10.5. The van der Waals surface area contributed by atoms with Crippen LogP contribution >= 0.6 is 0 Å². The number of amides is 1. The number of hydrogen-bond acceptors (Lipinski definition) is 2. The number of carbonyl (C=O) groups is 1. The summed E-state index contributed by atoms with van der Waals surface area (Å²) in [6.07, 6.45) is 8.27. The standard InChI is InChI=1S/C15H18N2O/c1-11-7-13-4-5-14(8-11)17(13)15(18)9-12-3-2-6-16-10-12/h2-3,6,10,13-14H,1,4-5,7-9H2. The summed E-state index contributed by atoms with van der Waals surface area (Å²) in [5, 5.41) is 0. The lowest BCUT2D eigenvalue weighted by Crippen LogP contribution is -2.45. The van der Waals surface area contributed by atoms with E-state index in [1.54, 1.807) is 12.4 Å². The third kappa shape index (κ3) is 2.05. The van der Waals surface area contributed by atoms with Crippen molar-refractivity contribution in [1.29, 1.82) is 0 Å². The van der Waals surface area contributed by atoms with Gasteiger partial charge >= 0.3 is 0 Å². The Morgan fingerprint density at radius 1 is 1.39 bits per heavy atom. The molecule has 3 heterocycles. The summed E-state index contributed by atoms with van der Waals surface area (Å²) in [6, 6.07) is 4.66. The summed E-state index contributed by atoms with van der Waals surface area (Å²) in [7, 11) is 0. The maximum absolute atomic E-state index is 12.4. The number of piperidine rings is 1. The molecule has 0 radical (unpaired) electrons. The molecule has 2 saturated heterocycles. The fraction of sp³-hybridized carbons (Fsp3) is 0.467. The molecule has 0 spiro atoms. The molecule has 2 aliphatic rings. The molecule has 3 rings (SSSR count). The molecule has 1 aromatic rings. The van der Waals surface area contributed by atoms with Gasteiger partial charge in [0.2, 0.25) is 5.91 Å². The first-order chi connectivity index (χ1) is 8.74. The zero-order chi connectivity index (χ0) is 12.5. The van der Waals surface area contributed by atoms with Crippen LogP contribution in [0.5, 0.6) is 0 Å². The van der Waals surface area contributed by atoms with E-state index in [0.717, 1.165) is 31.2 Å². The van der Waals surface area contributed by atoms with Crippen LogP contribution in [0, 0.1) is 0 Å². The van der Waals surface area contributed by atoms with E-state index in [0.29, 0.717) is 18.5 Å². The first kappa shape index (κ1) is 11.5. The molecule has 3 nitrogen and oxygen atoms in total. The first-order valence-electron chi connectivity index (χ1n) is 6.61. The molecule has 94 valence electrons. The van der Waals surface area contributed by atoms with Crippen molar-refractivity contribution in [2.24, 2.45) is 0 Å². The molecule has 1 aromatic heterocycles. The Morgan fingerprint density at radius 3 is 2.72 bits per heavy atom. The monoisotopic (exact) mass is 242 g/mol. The van der Waals surface area contributed by atoms with Gasteiger partial charge in [-0.1, -0.05) is 18.2 Å². The van der Waals surface area contributed by atoms with Crippen molar-refractivity contribution in [2.75, 3.05) is 0 Å². The Kier molecular flexibility index (Phi) is 2.90. The molecule has 18 heavy (non-hydrogen) atoms. The van der Waals surface area contributed by atoms with Crippen molar-refractivity contribution in [3.63, 3.8) is 0 Å². The van der Waals surface area contributed by atoms with E-state index in [4.69, 9.17) is 0 Å². The van der Waals surface area contributed by atoms with E-state index >= 15 is 0 Å². The van der Waals surface area contributed by atoms with Gasteiger partial charge in [-0.05, 0) is 37.3 Å². The second-order valence-electron chi connectivity index (χ2n) is 5.38. The summed E-state index contributed by atoms with van der Waals surface area (Å²) in [4.78, 5) is 18.6.